The summed E-state index contributed by atoms with van der Waals surface area (Å²) in [5.41, 5.74) is 0.811. The number of rotatable bonds is 3. The molecule has 1 aliphatic heterocycles. The molecule has 3 rings (SSSR count). The van der Waals surface area contributed by atoms with Gasteiger partial charge in [-0.1, -0.05) is 12.1 Å². The first kappa shape index (κ1) is 16.3. The molecule has 0 aromatic heterocycles. The highest BCUT2D eigenvalue weighted by molar-refractivity contribution is 5.53. The van der Waals surface area contributed by atoms with Crippen molar-refractivity contribution in [2.24, 2.45) is 0 Å². The van der Waals surface area contributed by atoms with Gasteiger partial charge in [-0.25, -0.2) is 8.78 Å². The average Bonchev–Trinajstić information content (AvgIpc) is 2.54. The minimum atomic E-state index is -0.642. The minimum absolute atomic E-state index is 0.164. The van der Waals surface area contributed by atoms with Crippen LogP contribution in [0.25, 0.3) is 0 Å². The van der Waals surface area contributed by atoms with Gasteiger partial charge < -0.3 is 9.64 Å². The van der Waals surface area contributed by atoms with E-state index in [1.54, 1.807) is 17.0 Å². The molecule has 0 saturated carbocycles. The van der Waals surface area contributed by atoms with Crippen LogP contribution in [0.2, 0.25) is 0 Å². The molecule has 7 heteroatoms. The Hall–Kier alpha value is -2.54. The van der Waals surface area contributed by atoms with Crippen molar-refractivity contribution in [3.05, 3.63) is 69.8 Å². The van der Waals surface area contributed by atoms with Crippen LogP contribution in [0.3, 0.4) is 0 Å². The van der Waals surface area contributed by atoms with E-state index in [9.17, 15) is 18.9 Å². The van der Waals surface area contributed by atoms with Gasteiger partial charge in [0.25, 0.3) is 5.69 Å². The molecule has 1 fully saturated rings. The molecule has 1 saturated heterocycles. The lowest BCUT2D eigenvalue weighted by Crippen LogP contribution is -2.43. The Kier molecular flexibility index (Phi) is 4.44. The van der Waals surface area contributed by atoms with Gasteiger partial charge in [-0.2, -0.15) is 0 Å². The van der Waals surface area contributed by atoms with Crippen LogP contribution in [0.5, 0.6) is 0 Å². The number of hydrogen-bond acceptors (Lipinski definition) is 4. The molecule has 2 aromatic carbocycles. The molecular formula is C17H16F2N2O3. The molecule has 2 atom stereocenters. The smallest absolute Gasteiger partial charge is 0.272 e. The third-order valence-electron chi connectivity index (χ3n) is 3.98. The number of non-ortho nitro benzene ring substituents is 1. The number of hydrogen-bond donors (Lipinski definition) is 0. The highest BCUT2D eigenvalue weighted by atomic mass is 19.1. The second kappa shape index (κ2) is 6.52. The molecule has 0 bridgehead atoms. The Morgan fingerprint density at radius 2 is 1.88 bits per heavy atom. The van der Waals surface area contributed by atoms with Crippen molar-refractivity contribution in [2.45, 2.75) is 19.1 Å². The van der Waals surface area contributed by atoms with Crippen LogP contribution in [0, 0.1) is 21.7 Å². The molecule has 0 N–H and O–H groups in total. The monoisotopic (exact) mass is 334 g/mol. The van der Waals surface area contributed by atoms with Crippen LogP contribution in [-0.2, 0) is 4.74 Å². The maximum atomic E-state index is 14.3. The zero-order chi connectivity index (χ0) is 17.3. The minimum Gasteiger partial charge on any atom is -0.367 e. The van der Waals surface area contributed by atoms with E-state index in [-0.39, 0.29) is 23.7 Å². The van der Waals surface area contributed by atoms with Crippen molar-refractivity contribution in [1.29, 1.82) is 0 Å². The van der Waals surface area contributed by atoms with Gasteiger partial charge in [-0.05, 0) is 30.7 Å². The first-order valence-electron chi connectivity index (χ1n) is 7.54. The van der Waals surface area contributed by atoms with Gasteiger partial charge in [0.2, 0.25) is 0 Å². The number of halogens is 2. The summed E-state index contributed by atoms with van der Waals surface area (Å²) in [6, 6.07) is 9.61. The zero-order valence-corrected chi connectivity index (χ0v) is 13.0. The fourth-order valence-corrected chi connectivity index (χ4v) is 2.88. The van der Waals surface area contributed by atoms with E-state index < -0.39 is 10.7 Å². The summed E-state index contributed by atoms with van der Waals surface area (Å²) >= 11 is 0. The molecule has 0 radical (unpaired) electrons. The van der Waals surface area contributed by atoms with Gasteiger partial charge in [0.05, 0.1) is 22.8 Å². The van der Waals surface area contributed by atoms with Gasteiger partial charge >= 0.3 is 0 Å². The Bertz CT molecular complexity index is 752. The number of ether oxygens (including phenoxy) is 1. The Morgan fingerprint density at radius 3 is 2.50 bits per heavy atom. The van der Waals surface area contributed by atoms with E-state index in [2.05, 4.69) is 0 Å². The van der Waals surface area contributed by atoms with Crippen molar-refractivity contribution in [1.82, 2.24) is 0 Å². The number of nitro groups is 1. The normalized spacial score (nSPS) is 20.9. The zero-order valence-electron chi connectivity index (χ0n) is 13.0. The number of benzene rings is 2. The first-order valence-corrected chi connectivity index (χ1v) is 7.54. The van der Waals surface area contributed by atoms with E-state index in [1.165, 1.54) is 24.3 Å². The third-order valence-corrected chi connectivity index (χ3v) is 3.98. The standard InChI is InChI=1S/C17H16F2N2O3/c1-11-9-20(16-7-6-14(21(22)23)8-15(16)19)10-17(24-11)12-2-4-13(18)5-3-12/h2-8,11,17H,9-10H2,1H3. The second-order valence-electron chi connectivity index (χ2n) is 5.78. The lowest BCUT2D eigenvalue weighted by atomic mass is 10.1. The molecule has 0 amide bonds. The van der Waals surface area contributed by atoms with Crippen molar-refractivity contribution >= 4 is 11.4 Å². The predicted molar refractivity (Wildman–Crippen MR) is 85.0 cm³/mol. The van der Waals surface area contributed by atoms with Gasteiger partial charge in [-0.15, -0.1) is 0 Å². The van der Waals surface area contributed by atoms with Crippen molar-refractivity contribution in [2.75, 3.05) is 18.0 Å². The van der Waals surface area contributed by atoms with Gasteiger partial charge in [0, 0.05) is 19.2 Å². The van der Waals surface area contributed by atoms with Gasteiger partial charge in [0.1, 0.15) is 11.9 Å². The summed E-state index contributed by atoms with van der Waals surface area (Å²) in [6.07, 6.45) is -0.493. The molecule has 0 spiro atoms. The van der Waals surface area contributed by atoms with Crippen LogP contribution >= 0.6 is 0 Å². The van der Waals surface area contributed by atoms with Gasteiger partial charge in [0.15, 0.2) is 5.82 Å². The summed E-state index contributed by atoms with van der Waals surface area (Å²) in [7, 11) is 0. The van der Waals surface area contributed by atoms with E-state index in [0.29, 0.717) is 18.8 Å². The van der Waals surface area contributed by atoms with Crippen molar-refractivity contribution in [3.8, 4) is 0 Å². The van der Waals surface area contributed by atoms with Crippen molar-refractivity contribution < 1.29 is 18.4 Å². The molecule has 24 heavy (non-hydrogen) atoms. The molecule has 5 nitrogen and oxygen atoms in total. The van der Waals surface area contributed by atoms with E-state index in [1.807, 2.05) is 6.92 Å². The molecule has 1 heterocycles. The fraction of sp³-hybridized carbons (Fsp3) is 0.294. The number of nitro benzene ring substituents is 1. The highest BCUT2D eigenvalue weighted by Crippen LogP contribution is 2.31. The summed E-state index contributed by atoms with van der Waals surface area (Å²) in [5, 5.41) is 10.7. The van der Waals surface area contributed by atoms with E-state index in [4.69, 9.17) is 4.74 Å². The lowest BCUT2D eigenvalue weighted by molar-refractivity contribution is -0.385. The molecule has 126 valence electrons. The summed E-state index contributed by atoms with van der Waals surface area (Å²) in [5.74, 6) is -0.975. The van der Waals surface area contributed by atoms with Crippen LogP contribution < -0.4 is 4.90 Å². The topological polar surface area (TPSA) is 55.6 Å². The van der Waals surface area contributed by atoms with E-state index in [0.717, 1.165) is 11.6 Å². The molecule has 2 aromatic rings. The predicted octanol–water partition coefficient (Wildman–Crippen LogP) is 3.84. The summed E-state index contributed by atoms with van der Waals surface area (Å²) in [6.45, 7) is 2.71. The largest absolute Gasteiger partial charge is 0.367 e. The quantitative estimate of drug-likeness (QED) is 0.632. The maximum Gasteiger partial charge on any atom is 0.272 e. The molecule has 2 unspecified atom stereocenters. The SMILES string of the molecule is CC1CN(c2ccc([N+](=O)[O-])cc2F)CC(c2ccc(F)cc2)O1. The number of morpholine rings is 1. The summed E-state index contributed by atoms with van der Waals surface area (Å²) < 4.78 is 33.2. The maximum absolute atomic E-state index is 14.3. The summed E-state index contributed by atoms with van der Waals surface area (Å²) in [4.78, 5) is 11.9. The number of anilines is 1. The highest BCUT2D eigenvalue weighted by Gasteiger charge is 2.28. The Morgan fingerprint density at radius 1 is 1.17 bits per heavy atom. The second-order valence-corrected chi connectivity index (χ2v) is 5.78. The van der Waals surface area contributed by atoms with Crippen LogP contribution in [0.4, 0.5) is 20.2 Å². The first-order chi connectivity index (χ1) is 11.4. The lowest BCUT2D eigenvalue weighted by Gasteiger charge is -2.38. The Labute approximate surface area is 137 Å². The molecular weight excluding hydrogens is 318 g/mol. The van der Waals surface area contributed by atoms with E-state index >= 15 is 0 Å². The number of nitrogens with zero attached hydrogens (tertiary/aromatic N) is 2. The van der Waals surface area contributed by atoms with Crippen LogP contribution in [0.15, 0.2) is 42.5 Å². The Balaban J connectivity index is 1.85. The third kappa shape index (κ3) is 3.35. The average molecular weight is 334 g/mol. The molecule has 0 aliphatic carbocycles. The van der Waals surface area contributed by atoms with Crippen LogP contribution in [-0.4, -0.2) is 24.1 Å². The van der Waals surface area contributed by atoms with Crippen molar-refractivity contribution in [3.63, 3.8) is 0 Å². The van der Waals surface area contributed by atoms with Gasteiger partial charge in [-0.3, -0.25) is 10.1 Å². The fourth-order valence-electron chi connectivity index (χ4n) is 2.88. The van der Waals surface area contributed by atoms with Crippen LogP contribution in [0.1, 0.15) is 18.6 Å². The molecule has 1 aliphatic rings.